The zero-order chi connectivity index (χ0) is 13.2. The maximum absolute atomic E-state index is 8.76. The molecule has 0 spiro atoms. The zero-order valence-corrected chi connectivity index (χ0v) is 10.4. The van der Waals surface area contributed by atoms with E-state index in [4.69, 9.17) is 26.0 Å². The Morgan fingerprint density at radius 1 is 1.21 bits per heavy atom. The van der Waals surface area contributed by atoms with Crippen molar-refractivity contribution < 1.29 is 9.15 Å². The SMILES string of the molecule is N#Cc1ccc(Oc2nc3ccccc3o2)c(Cl)c1. The van der Waals surface area contributed by atoms with Gasteiger partial charge in [0.15, 0.2) is 11.3 Å². The number of para-hydroxylation sites is 2. The van der Waals surface area contributed by atoms with Gasteiger partial charge in [-0.05, 0) is 30.3 Å². The summed E-state index contributed by atoms with van der Waals surface area (Å²) in [5, 5.41) is 9.09. The maximum Gasteiger partial charge on any atom is 0.400 e. The summed E-state index contributed by atoms with van der Waals surface area (Å²) in [4.78, 5) is 4.18. The van der Waals surface area contributed by atoms with Crippen LogP contribution in [0, 0.1) is 11.3 Å². The Labute approximate surface area is 113 Å². The summed E-state index contributed by atoms with van der Waals surface area (Å²) >= 11 is 6.01. The minimum absolute atomic E-state index is 0.118. The number of nitrogens with zero attached hydrogens (tertiary/aromatic N) is 2. The van der Waals surface area contributed by atoms with Crippen molar-refractivity contribution in [1.29, 1.82) is 5.26 Å². The quantitative estimate of drug-likeness (QED) is 0.702. The van der Waals surface area contributed by atoms with Crippen molar-refractivity contribution in [3.05, 3.63) is 53.1 Å². The van der Waals surface area contributed by atoms with Crippen LogP contribution in [0.3, 0.4) is 0 Å². The van der Waals surface area contributed by atoms with E-state index >= 15 is 0 Å². The first kappa shape index (κ1) is 11.6. The molecular weight excluding hydrogens is 264 g/mol. The van der Waals surface area contributed by atoms with Crippen molar-refractivity contribution in [3.8, 4) is 17.9 Å². The molecule has 0 saturated carbocycles. The van der Waals surface area contributed by atoms with Crippen LogP contribution in [-0.2, 0) is 0 Å². The number of aromatic nitrogens is 1. The van der Waals surface area contributed by atoms with Gasteiger partial charge < -0.3 is 9.15 Å². The molecular formula is C14H7ClN2O2. The lowest BCUT2D eigenvalue weighted by atomic mass is 10.2. The fraction of sp³-hybridized carbons (Fsp3) is 0. The number of fused-ring (bicyclic) bond motifs is 1. The van der Waals surface area contributed by atoms with Crippen LogP contribution in [0.4, 0.5) is 0 Å². The van der Waals surface area contributed by atoms with Gasteiger partial charge in [0, 0.05) is 0 Å². The van der Waals surface area contributed by atoms with Crippen molar-refractivity contribution in [2.24, 2.45) is 0 Å². The first-order chi connectivity index (χ1) is 9.26. The Morgan fingerprint density at radius 2 is 2.05 bits per heavy atom. The molecule has 0 aliphatic carbocycles. The van der Waals surface area contributed by atoms with Gasteiger partial charge in [-0.25, -0.2) is 0 Å². The van der Waals surface area contributed by atoms with Crippen LogP contribution in [-0.4, -0.2) is 4.98 Å². The number of halogens is 1. The lowest BCUT2D eigenvalue weighted by Crippen LogP contribution is -1.86. The van der Waals surface area contributed by atoms with Crippen molar-refractivity contribution >= 4 is 22.7 Å². The molecule has 5 heteroatoms. The molecule has 4 nitrogen and oxygen atoms in total. The Balaban J connectivity index is 1.94. The molecule has 0 fully saturated rings. The summed E-state index contributed by atoms with van der Waals surface area (Å²) in [6.07, 6.45) is 0.118. The normalized spacial score (nSPS) is 10.3. The number of oxazole rings is 1. The molecule has 3 rings (SSSR count). The summed E-state index contributed by atoms with van der Waals surface area (Å²) in [7, 11) is 0. The summed E-state index contributed by atoms with van der Waals surface area (Å²) in [5.41, 5.74) is 1.82. The third-order valence-corrected chi connectivity index (χ3v) is 2.83. The largest absolute Gasteiger partial charge is 0.409 e. The Morgan fingerprint density at radius 3 is 2.79 bits per heavy atom. The van der Waals surface area contributed by atoms with Gasteiger partial charge in [-0.3, -0.25) is 0 Å². The van der Waals surface area contributed by atoms with Gasteiger partial charge in [0.1, 0.15) is 5.52 Å². The molecule has 92 valence electrons. The zero-order valence-electron chi connectivity index (χ0n) is 9.63. The van der Waals surface area contributed by atoms with Crippen LogP contribution < -0.4 is 4.74 Å². The number of hydrogen-bond acceptors (Lipinski definition) is 4. The van der Waals surface area contributed by atoms with Gasteiger partial charge in [0.05, 0.1) is 16.7 Å². The van der Waals surface area contributed by atoms with E-state index in [0.29, 0.717) is 27.4 Å². The molecule has 0 aliphatic rings. The van der Waals surface area contributed by atoms with Crippen molar-refractivity contribution in [2.75, 3.05) is 0 Å². The monoisotopic (exact) mass is 270 g/mol. The number of ether oxygens (including phenoxy) is 1. The third-order valence-electron chi connectivity index (χ3n) is 2.53. The van der Waals surface area contributed by atoms with E-state index in [1.54, 1.807) is 18.2 Å². The molecule has 0 bridgehead atoms. The Kier molecular flexibility index (Phi) is 2.82. The molecule has 3 aromatic rings. The molecule has 0 aliphatic heterocycles. The number of nitriles is 1. The molecule has 0 saturated heterocycles. The fourth-order valence-electron chi connectivity index (χ4n) is 1.64. The van der Waals surface area contributed by atoms with Gasteiger partial charge in [-0.1, -0.05) is 23.7 Å². The highest BCUT2D eigenvalue weighted by Gasteiger charge is 2.10. The molecule has 1 aromatic heterocycles. The molecule has 0 amide bonds. The van der Waals surface area contributed by atoms with Crippen molar-refractivity contribution in [3.63, 3.8) is 0 Å². The lowest BCUT2D eigenvalue weighted by molar-refractivity contribution is 0.343. The molecule has 19 heavy (non-hydrogen) atoms. The molecule has 0 N–H and O–H groups in total. The Bertz CT molecular complexity index is 756. The van der Waals surface area contributed by atoms with Crippen LogP contribution >= 0.6 is 11.6 Å². The summed E-state index contributed by atoms with van der Waals surface area (Å²) < 4.78 is 10.9. The van der Waals surface area contributed by atoms with Crippen LogP contribution in [0.1, 0.15) is 5.56 Å². The van der Waals surface area contributed by atoms with E-state index in [-0.39, 0.29) is 6.08 Å². The van der Waals surface area contributed by atoms with E-state index in [0.717, 1.165) is 0 Å². The van der Waals surface area contributed by atoms with Crippen LogP contribution in [0.15, 0.2) is 46.9 Å². The number of rotatable bonds is 2. The molecule has 0 unspecified atom stereocenters. The minimum Gasteiger partial charge on any atom is -0.409 e. The number of benzene rings is 2. The Hall–Kier alpha value is -2.51. The van der Waals surface area contributed by atoms with E-state index in [9.17, 15) is 0 Å². The van der Waals surface area contributed by atoms with Crippen LogP contribution in [0.25, 0.3) is 11.1 Å². The minimum atomic E-state index is 0.118. The van der Waals surface area contributed by atoms with Crippen molar-refractivity contribution in [2.45, 2.75) is 0 Å². The second-order valence-electron chi connectivity index (χ2n) is 3.81. The smallest absolute Gasteiger partial charge is 0.400 e. The van der Waals surface area contributed by atoms with E-state index < -0.39 is 0 Å². The predicted molar refractivity (Wildman–Crippen MR) is 70.3 cm³/mol. The fourth-order valence-corrected chi connectivity index (χ4v) is 1.86. The highest BCUT2D eigenvalue weighted by atomic mass is 35.5. The molecule has 0 radical (unpaired) electrons. The highest BCUT2D eigenvalue weighted by molar-refractivity contribution is 6.32. The maximum atomic E-state index is 8.76. The first-order valence-corrected chi connectivity index (χ1v) is 5.87. The highest BCUT2D eigenvalue weighted by Crippen LogP contribution is 2.31. The van der Waals surface area contributed by atoms with E-state index in [2.05, 4.69) is 4.98 Å². The third kappa shape index (κ3) is 2.24. The summed E-state index contributed by atoms with van der Waals surface area (Å²) in [5.74, 6) is 0.396. The molecule has 1 heterocycles. The average molecular weight is 271 g/mol. The standard InChI is InChI=1S/C14H7ClN2O2/c15-10-7-9(8-16)5-6-12(10)18-14-17-11-3-1-2-4-13(11)19-14/h1-7H. The van der Waals surface area contributed by atoms with Gasteiger partial charge in [0.25, 0.3) is 0 Å². The van der Waals surface area contributed by atoms with Crippen LogP contribution in [0.2, 0.25) is 5.02 Å². The van der Waals surface area contributed by atoms with Gasteiger partial charge in [-0.2, -0.15) is 10.2 Å². The summed E-state index contributed by atoms with van der Waals surface area (Å²) in [6, 6.07) is 14.1. The van der Waals surface area contributed by atoms with Gasteiger partial charge in [-0.15, -0.1) is 0 Å². The predicted octanol–water partition coefficient (Wildman–Crippen LogP) is 4.15. The van der Waals surface area contributed by atoms with E-state index in [1.165, 1.54) is 6.07 Å². The van der Waals surface area contributed by atoms with Crippen LogP contribution in [0.5, 0.6) is 11.8 Å². The average Bonchev–Trinajstić information content (AvgIpc) is 2.83. The van der Waals surface area contributed by atoms with Gasteiger partial charge in [0.2, 0.25) is 0 Å². The molecule has 0 atom stereocenters. The number of hydrogen-bond donors (Lipinski definition) is 0. The second-order valence-corrected chi connectivity index (χ2v) is 4.21. The first-order valence-electron chi connectivity index (χ1n) is 5.49. The van der Waals surface area contributed by atoms with Gasteiger partial charge >= 0.3 is 6.08 Å². The summed E-state index contributed by atoms with van der Waals surface area (Å²) in [6.45, 7) is 0. The topological polar surface area (TPSA) is 59.0 Å². The molecule has 2 aromatic carbocycles. The van der Waals surface area contributed by atoms with Crippen molar-refractivity contribution in [1.82, 2.24) is 4.98 Å². The second kappa shape index (κ2) is 4.63. The lowest BCUT2D eigenvalue weighted by Gasteiger charge is -2.02. The van der Waals surface area contributed by atoms with E-state index in [1.807, 2.05) is 24.3 Å².